The van der Waals surface area contributed by atoms with Gasteiger partial charge in [0, 0.05) is 11.0 Å². The minimum Gasteiger partial charge on any atom is -0.125 e. The minimum atomic E-state index is 0.454. The first-order valence-electron chi connectivity index (χ1n) is 2.77. The molecule has 0 radical (unpaired) electrons. The normalized spacial score (nSPS) is 12.6. The largest absolute Gasteiger partial charge is 0.125 e. The lowest BCUT2D eigenvalue weighted by atomic mass is 10.6. The lowest BCUT2D eigenvalue weighted by Crippen LogP contribution is -2.01. The summed E-state index contributed by atoms with van der Waals surface area (Å²) in [4.78, 5) is 0. The van der Waals surface area contributed by atoms with Gasteiger partial charge < -0.3 is 0 Å². The Morgan fingerprint density at radius 1 is 1.36 bits per heavy atom. The average Bonchev–Trinajstić information content (AvgIpc) is 1.82. The highest BCUT2D eigenvalue weighted by Crippen LogP contribution is 2.20. The zero-order chi connectivity index (χ0) is 8.85. The van der Waals surface area contributed by atoms with Crippen LogP contribution in [0, 0.1) is 0 Å². The van der Waals surface area contributed by atoms with E-state index in [2.05, 4.69) is 32.2 Å². The summed E-state index contributed by atoms with van der Waals surface area (Å²) in [6.07, 6.45) is 0. The Morgan fingerprint density at radius 3 is 2.27 bits per heavy atom. The van der Waals surface area contributed by atoms with Gasteiger partial charge in [-0.2, -0.15) is 0 Å². The molecule has 0 heterocycles. The Morgan fingerprint density at radius 2 is 1.91 bits per heavy atom. The van der Waals surface area contributed by atoms with Crippen molar-refractivity contribution in [3.8, 4) is 0 Å². The van der Waals surface area contributed by atoms with Crippen molar-refractivity contribution >= 4 is 80.3 Å². The number of thiol groups is 2. The smallest absolute Gasteiger partial charge is 0.101 e. The van der Waals surface area contributed by atoms with E-state index in [1.165, 1.54) is 0 Å². The van der Waals surface area contributed by atoms with Gasteiger partial charge in [-0.1, -0.05) is 31.4 Å². The fraction of sp³-hybridized carbons (Fsp3) is 0.600. The summed E-state index contributed by atoms with van der Waals surface area (Å²) in [5.41, 5.74) is 0. The summed E-state index contributed by atoms with van der Waals surface area (Å²) in [6.45, 7) is 2.09. The Labute approximate surface area is 97.5 Å². The van der Waals surface area contributed by atoms with E-state index in [9.17, 15) is 0 Å². The molecule has 0 bridgehead atoms. The molecule has 0 nitrogen and oxygen atoms in total. The molecule has 0 spiro atoms. The van der Waals surface area contributed by atoms with Crippen LogP contribution >= 0.6 is 73.2 Å². The monoisotopic (exact) mass is 260 g/mol. The zero-order valence-electron chi connectivity index (χ0n) is 5.81. The van der Waals surface area contributed by atoms with E-state index >= 15 is 0 Å². The van der Waals surface area contributed by atoms with Crippen LogP contribution in [0.4, 0.5) is 0 Å². The number of hydrogen-bond donors (Lipinski definition) is 2. The average molecular weight is 261 g/mol. The third kappa shape index (κ3) is 9.49. The number of hydrogen-bond acceptors (Lipinski definition) is 4. The van der Waals surface area contributed by atoms with Crippen LogP contribution in [0.1, 0.15) is 6.92 Å². The molecule has 0 saturated carbocycles. The van der Waals surface area contributed by atoms with Crippen LogP contribution in [0.3, 0.4) is 0 Å². The van der Waals surface area contributed by atoms with E-state index in [0.29, 0.717) is 12.3 Å². The summed E-state index contributed by atoms with van der Waals surface area (Å²) in [7, 11) is 0. The highest BCUT2D eigenvalue weighted by atomic mass is 32.2. The van der Waals surface area contributed by atoms with Crippen molar-refractivity contribution < 1.29 is 0 Å². The third-order valence-electron chi connectivity index (χ3n) is 0.744. The predicted molar refractivity (Wildman–Crippen MR) is 72.7 cm³/mol. The predicted octanol–water partition coefficient (Wildman–Crippen LogP) is 3.27. The molecule has 0 saturated heterocycles. The van der Waals surface area contributed by atoms with Crippen molar-refractivity contribution in [2.45, 2.75) is 12.2 Å². The van der Waals surface area contributed by atoms with Gasteiger partial charge in [0.15, 0.2) is 0 Å². The molecule has 0 rings (SSSR count). The van der Waals surface area contributed by atoms with Crippen molar-refractivity contribution in [2.75, 3.05) is 5.75 Å². The second-order valence-electron chi connectivity index (χ2n) is 1.77. The first-order chi connectivity index (χ1) is 5.02. The lowest BCUT2D eigenvalue weighted by molar-refractivity contribution is 1.14. The molecule has 0 fully saturated rings. The van der Waals surface area contributed by atoms with Crippen molar-refractivity contribution in [1.82, 2.24) is 0 Å². The van der Waals surface area contributed by atoms with Crippen LogP contribution in [0.2, 0.25) is 0 Å². The van der Waals surface area contributed by atoms with Gasteiger partial charge in [0.1, 0.15) is 7.06 Å². The molecule has 0 aromatic rings. The van der Waals surface area contributed by atoms with Crippen molar-refractivity contribution in [1.29, 1.82) is 0 Å². The van der Waals surface area contributed by atoms with Gasteiger partial charge in [-0.25, -0.2) is 0 Å². The fourth-order valence-corrected chi connectivity index (χ4v) is 3.05. The fourth-order valence-electron chi connectivity index (χ4n) is 0.395. The van der Waals surface area contributed by atoms with E-state index in [0.717, 1.165) is 5.75 Å². The Bertz CT molecular complexity index is 153. The van der Waals surface area contributed by atoms with Gasteiger partial charge in [-0.15, -0.1) is 48.8 Å². The zero-order valence-corrected chi connectivity index (χ0v) is 10.9. The molecule has 0 aliphatic rings. The first kappa shape index (κ1) is 12.6. The molecular weight excluding hydrogens is 252 g/mol. The second-order valence-corrected chi connectivity index (χ2v) is 7.69. The van der Waals surface area contributed by atoms with E-state index in [-0.39, 0.29) is 0 Å². The summed E-state index contributed by atoms with van der Waals surface area (Å²) in [5, 5.41) is 0.454. The van der Waals surface area contributed by atoms with E-state index in [4.69, 9.17) is 24.4 Å². The van der Waals surface area contributed by atoms with Crippen LogP contribution in [-0.4, -0.2) is 18.1 Å². The second kappa shape index (κ2) is 7.03. The molecule has 6 heteroatoms. The number of thioether (sulfide) groups is 2. The highest BCUT2D eigenvalue weighted by molar-refractivity contribution is 8.43. The maximum absolute atomic E-state index is 4.82. The van der Waals surface area contributed by atoms with Crippen molar-refractivity contribution in [2.24, 2.45) is 0 Å². The van der Waals surface area contributed by atoms with Crippen LogP contribution in [0.15, 0.2) is 0 Å². The summed E-state index contributed by atoms with van der Waals surface area (Å²) >= 11 is 20.8. The molecule has 64 valence electrons. The molecule has 0 aliphatic carbocycles. The molecule has 1 atom stereocenters. The van der Waals surface area contributed by atoms with E-state index in [1.807, 2.05) is 0 Å². The van der Waals surface area contributed by atoms with Crippen LogP contribution in [-0.2, 0) is 0 Å². The molecule has 0 aromatic heterocycles. The molecule has 0 amide bonds. The standard InChI is InChI=1S/C5H8S6/c1-3(11-5(8)9)2-10-4(6)7/h3H,2H2,1H3,(H,6,7)(H,8,9). The molecule has 1 unspecified atom stereocenters. The summed E-state index contributed by atoms with van der Waals surface area (Å²) in [6, 6.07) is 0. The number of rotatable bonds is 3. The summed E-state index contributed by atoms with van der Waals surface area (Å²) in [5.74, 6) is 0.938. The highest BCUT2D eigenvalue weighted by Gasteiger charge is 2.04. The van der Waals surface area contributed by atoms with Gasteiger partial charge in [0.2, 0.25) is 0 Å². The minimum absolute atomic E-state index is 0.454. The Balaban J connectivity index is 3.44. The topological polar surface area (TPSA) is 0 Å². The van der Waals surface area contributed by atoms with Crippen molar-refractivity contribution in [3.05, 3.63) is 0 Å². The quantitative estimate of drug-likeness (QED) is 0.590. The molecular formula is C5H8S6. The molecule has 11 heavy (non-hydrogen) atoms. The van der Waals surface area contributed by atoms with Gasteiger partial charge in [-0.05, 0) is 0 Å². The van der Waals surface area contributed by atoms with Crippen molar-refractivity contribution in [3.63, 3.8) is 0 Å². The molecule has 0 aromatic carbocycles. The van der Waals surface area contributed by atoms with Gasteiger partial charge >= 0.3 is 0 Å². The van der Waals surface area contributed by atoms with Crippen LogP contribution in [0.25, 0.3) is 0 Å². The van der Waals surface area contributed by atoms with E-state index < -0.39 is 0 Å². The van der Waals surface area contributed by atoms with E-state index in [1.54, 1.807) is 23.5 Å². The first-order valence-corrected chi connectivity index (χ1v) is 6.35. The third-order valence-corrected chi connectivity index (χ3v) is 3.98. The Kier molecular flexibility index (Phi) is 8.04. The lowest BCUT2D eigenvalue weighted by Gasteiger charge is -2.06. The van der Waals surface area contributed by atoms with Crippen LogP contribution in [0.5, 0.6) is 0 Å². The Hall–Kier alpha value is 1.58. The van der Waals surface area contributed by atoms with Gasteiger partial charge in [-0.3, -0.25) is 0 Å². The maximum atomic E-state index is 4.82. The van der Waals surface area contributed by atoms with Gasteiger partial charge in [0.05, 0.1) is 0 Å². The summed E-state index contributed by atoms with van der Waals surface area (Å²) < 4.78 is 1.37. The molecule has 0 aliphatic heterocycles. The number of thiocarbonyl (C=S) groups is 2. The maximum Gasteiger partial charge on any atom is 0.101 e. The van der Waals surface area contributed by atoms with Crippen LogP contribution < -0.4 is 0 Å². The van der Waals surface area contributed by atoms with Gasteiger partial charge in [0.25, 0.3) is 0 Å². The SMILES string of the molecule is CC(CSC(=S)S)SC(=S)S. The molecule has 0 N–H and O–H groups in total.